The first-order valence-corrected chi connectivity index (χ1v) is 10.6. The monoisotopic (exact) mass is 463 g/mol. The Morgan fingerprint density at radius 1 is 1.16 bits per heavy atom. The number of aromatic amines is 1. The zero-order valence-electron chi connectivity index (χ0n) is 17.4. The van der Waals surface area contributed by atoms with Crippen LogP contribution in [-0.2, 0) is 6.61 Å². The van der Waals surface area contributed by atoms with Crippen molar-refractivity contribution in [1.29, 1.82) is 5.26 Å². The molecule has 0 aliphatic heterocycles. The summed E-state index contributed by atoms with van der Waals surface area (Å²) in [6.45, 7) is 2.22. The molecule has 160 valence electrons. The van der Waals surface area contributed by atoms with Crippen molar-refractivity contribution in [3.63, 3.8) is 0 Å². The Morgan fingerprint density at radius 3 is 2.75 bits per heavy atom. The summed E-state index contributed by atoms with van der Waals surface area (Å²) in [5.41, 5.74) is 4.63. The van der Waals surface area contributed by atoms with Crippen LogP contribution >= 0.6 is 23.2 Å². The van der Waals surface area contributed by atoms with Crippen molar-refractivity contribution < 1.29 is 9.47 Å². The normalized spacial score (nSPS) is 11.4. The van der Waals surface area contributed by atoms with E-state index < -0.39 is 0 Å². The number of benzene rings is 3. The summed E-state index contributed by atoms with van der Waals surface area (Å²) in [4.78, 5) is 7.78. The topological polar surface area (TPSA) is 70.9 Å². The van der Waals surface area contributed by atoms with E-state index in [0.717, 1.165) is 22.2 Å². The third kappa shape index (κ3) is 4.57. The SMILES string of the molecule is COc1cccc(C=C(C#N)c2nc3ccc(C)cc3[nH]2)c1OCc1ccc(Cl)cc1Cl. The Balaban J connectivity index is 1.71. The summed E-state index contributed by atoms with van der Waals surface area (Å²) in [5, 5.41) is 10.9. The van der Waals surface area contributed by atoms with E-state index in [4.69, 9.17) is 32.7 Å². The lowest BCUT2D eigenvalue weighted by Gasteiger charge is -2.14. The van der Waals surface area contributed by atoms with Crippen molar-refractivity contribution in [2.24, 2.45) is 0 Å². The fourth-order valence-electron chi connectivity index (χ4n) is 3.31. The molecule has 0 unspecified atom stereocenters. The number of methoxy groups -OCH3 is 1. The molecule has 0 radical (unpaired) electrons. The molecular formula is C25H19Cl2N3O2. The van der Waals surface area contributed by atoms with Gasteiger partial charge in [0.2, 0.25) is 0 Å². The second-order valence-electron chi connectivity index (χ2n) is 7.18. The van der Waals surface area contributed by atoms with Crippen LogP contribution in [0.2, 0.25) is 10.0 Å². The van der Waals surface area contributed by atoms with Crippen molar-refractivity contribution in [1.82, 2.24) is 9.97 Å². The number of halogens is 2. The van der Waals surface area contributed by atoms with Gasteiger partial charge < -0.3 is 14.5 Å². The number of ether oxygens (including phenoxy) is 2. The summed E-state index contributed by atoms with van der Waals surface area (Å²) in [6, 6.07) is 18.9. The second kappa shape index (κ2) is 9.35. The molecule has 0 aliphatic rings. The Labute approximate surface area is 195 Å². The fourth-order valence-corrected chi connectivity index (χ4v) is 3.77. The third-order valence-electron chi connectivity index (χ3n) is 4.93. The van der Waals surface area contributed by atoms with E-state index in [1.54, 1.807) is 31.4 Å². The number of nitrogens with zero attached hydrogens (tertiary/aromatic N) is 2. The van der Waals surface area contributed by atoms with E-state index in [1.165, 1.54) is 0 Å². The zero-order chi connectivity index (χ0) is 22.7. The molecule has 3 aromatic carbocycles. The fraction of sp³-hybridized carbons (Fsp3) is 0.120. The van der Waals surface area contributed by atoms with E-state index in [9.17, 15) is 5.26 Å². The molecule has 1 N–H and O–H groups in total. The lowest BCUT2D eigenvalue weighted by atomic mass is 10.1. The number of nitrogens with one attached hydrogen (secondary N) is 1. The molecule has 4 aromatic rings. The number of hydrogen-bond donors (Lipinski definition) is 1. The van der Waals surface area contributed by atoms with Gasteiger partial charge in [-0.25, -0.2) is 4.98 Å². The molecular weight excluding hydrogens is 445 g/mol. The van der Waals surface area contributed by atoms with Crippen molar-refractivity contribution in [3.8, 4) is 17.6 Å². The van der Waals surface area contributed by atoms with Gasteiger partial charge in [0.25, 0.3) is 0 Å². The quantitative estimate of drug-likeness (QED) is 0.318. The Hall–Kier alpha value is -3.46. The third-order valence-corrected chi connectivity index (χ3v) is 5.52. The minimum atomic E-state index is 0.211. The number of fused-ring (bicyclic) bond motifs is 1. The van der Waals surface area contributed by atoms with Gasteiger partial charge in [-0.1, -0.05) is 47.5 Å². The van der Waals surface area contributed by atoms with E-state index in [-0.39, 0.29) is 6.61 Å². The van der Waals surface area contributed by atoms with Crippen molar-refractivity contribution in [3.05, 3.63) is 87.2 Å². The van der Waals surface area contributed by atoms with Crippen LogP contribution in [0.5, 0.6) is 11.5 Å². The Morgan fingerprint density at radius 2 is 2.00 bits per heavy atom. The highest BCUT2D eigenvalue weighted by Crippen LogP contribution is 2.35. The zero-order valence-corrected chi connectivity index (χ0v) is 19.0. The maximum atomic E-state index is 9.83. The maximum Gasteiger partial charge on any atom is 0.168 e. The lowest BCUT2D eigenvalue weighted by molar-refractivity contribution is 0.284. The standard InChI is InChI=1S/C25H19Cl2N3O2/c1-15-6-9-21-22(10-15)30-25(29-21)18(13-28)11-16-4-3-5-23(31-2)24(16)32-14-17-7-8-19(26)12-20(17)27/h3-12H,14H2,1-2H3,(H,29,30). The highest BCUT2D eigenvalue weighted by Gasteiger charge is 2.14. The molecule has 0 fully saturated rings. The summed E-state index contributed by atoms with van der Waals surface area (Å²) in [6.07, 6.45) is 1.73. The Bertz CT molecular complexity index is 1370. The minimum Gasteiger partial charge on any atom is -0.493 e. The molecule has 0 saturated carbocycles. The van der Waals surface area contributed by atoms with Gasteiger partial charge in [0.15, 0.2) is 11.5 Å². The van der Waals surface area contributed by atoms with Crippen molar-refractivity contribution >= 4 is 45.9 Å². The molecule has 0 bridgehead atoms. The summed E-state index contributed by atoms with van der Waals surface area (Å²) in [7, 11) is 1.57. The van der Waals surface area contributed by atoms with Gasteiger partial charge in [-0.05, 0) is 48.9 Å². The van der Waals surface area contributed by atoms with Gasteiger partial charge in [-0.2, -0.15) is 5.26 Å². The average molecular weight is 464 g/mol. The van der Waals surface area contributed by atoms with Crippen LogP contribution in [0.3, 0.4) is 0 Å². The van der Waals surface area contributed by atoms with Crippen molar-refractivity contribution in [2.75, 3.05) is 7.11 Å². The van der Waals surface area contributed by atoms with Crippen LogP contribution in [-0.4, -0.2) is 17.1 Å². The predicted octanol–water partition coefficient (Wildman–Crippen LogP) is 6.83. The molecule has 32 heavy (non-hydrogen) atoms. The number of H-pyrrole nitrogens is 1. The minimum absolute atomic E-state index is 0.211. The molecule has 0 aliphatic carbocycles. The van der Waals surface area contributed by atoms with Gasteiger partial charge in [0.1, 0.15) is 18.5 Å². The maximum absolute atomic E-state index is 9.83. The summed E-state index contributed by atoms with van der Waals surface area (Å²) >= 11 is 12.3. The average Bonchev–Trinajstić information content (AvgIpc) is 3.20. The highest BCUT2D eigenvalue weighted by atomic mass is 35.5. The number of para-hydroxylation sites is 1. The van der Waals surface area contributed by atoms with Crippen LogP contribution < -0.4 is 9.47 Å². The van der Waals surface area contributed by atoms with Crippen LogP contribution in [0.25, 0.3) is 22.7 Å². The van der Waals surface area contributed by atoms with Gasteiger partial charge in [0, 0.05) is 21.2 Å². The first-order chi connectivity index (χ1) is 15.5. The van der Waals surface area contributed by atoms with Crippen molar-refractivity contribution in [2.45, 2.75) is 13.5 Å². The molecule has 4 rings (SSSR count). The van der Waals surface area contributed by atoms with E-state index in [0.29, 0.717) is 38.5 Å². The smallest absolute Gasteiger partial charge is 0.168 e. The molecule has 1 heterocycles. The number of nitriles is 1. The highest BCUT2D eigenvalue weighted by molar-refractivity contribution is 6.35. The summed E-state index contributed by atoms with van der Waals surface area (Å²) < 4.78 is 11.6. The molecule has 0 atom stereocenters. The van der Waals surface area contributed by atoms with Gasteiger partial charge in [0.05, 0.1) is 23.7 Å². The molecule has 0 amide bonds. The van der Waals surface area contributed by atoms with Crippen LogP contribution in [0.1, 0.15) is 22.5 Å². The molecule has 0 saturated heterocycles. The van der Waals surface area contributed by atoms with Crippen LogP contribution in [0, 0.1) is 18.3 Å². The van der Waals surface area contributed by atoms with Gasteiger partial charge in [-0.3, -0.25) is 0 Å². The van der Waals surface area contributed by atoms with Crippen LogP contribution in [0.4, 0.5) is 0 Å². The van der Waals surface area contributed by atoms with E-state index >= 15 is 0 Å². The number of imidazole rings is 1. The first kappa shape index (κ1) is 21.8. The number of aromatic nitrogens is 2. The van der Waals surface area contributed by atoms with E-state index in [1.807, 2.05) is 43.3 Å². The molecule has 7 heteroatoms. The molecule has 1 aromatic heterocycles. The second-order valence-corrected chi connectivity index (χ2v) is 8.02. The van der Waals surface area contributed by atoms with Crippen LogP contribution in [0.15, 0.2) is 54.6 Å². The Kier molecular flexibility index (Phi) is 6.36. The number of rotatable bonds is 6. The predicted molar refractivity (Wildman–Crippen MR) is 128 cm³/mol. The van der Waals surface area contributed by atoms with E-state index in [2.05, 4.69) is 16.0 Å². The van der Waals surface area contributed by atoms with Gasteiger partial charge >= 0.3 is 0 Å². The molecule has 0 spiro atoms. The number of aryl methyl sites for hydroxylation is 1. The molecule has 5 nitrogen and oxygen atoms in total. The first-order valence-electron chi connectivity index (χ1n) is 9.80. The number of allylic oxidation sites excluding steroid dienone is 1. The lowest BCUT2D eigenvalue weighted by Crippen LogP contribution is -2.00. The largest absolute Gasteiger partial charge is 0.493 e. The van der Waals surface area contributed by atoms with Gasteiger partial charge in [-0.15, -0.1) is 0 Å². The summed E-state index contributed by atoms with van der Waals surface area (Å²) in [5.74, 6) is 1.53. The number of hydrogen-bond acceptors (Lipinski definition) is 4.